The van der Waals surface area contributed by atoms with Crippen molar-refractivity contribution in [2.45, 2.75) is 46.1 Å². The van der Waals surface area contributed by atoms with Gasteiger partial charge in [-0.15, -0.1) is 0 Å². The zero-order valence-corrected chi connectivity index (χ0v) is 14.1. The van der Waals surface area contributed by atoms with E-state index in [0.717, 1.165) is 55.5 Å². The zero-order valence-electron chi connectivity index (χ0n) is 14.1. The highest BCUT2D eigenvalue weighted by Crippen LogP contribution is 2.26. The van der Waals surface area contributed by atoms with Crippen LogP contribution in [-0.4, -0.2) is 54.6 Å². The lowest BCUT2D eigenvalue weighted by Gasteiger charge is -2.31. The van der Waals surface area contributed by atoms with Crippen LogP contribution in [0.25, 0.3) is 0 Å². The van der Waals surface area contributed by atoms with Crippen molar-refractivity contribution in [1.82, 2.24) is 14.9 Å². The van der Waals surface area contributed by atoms with Crippen molar-refractivity contribution in [3.05, 3.63) is 11.4 Å². The average molecular weight is 291 g/mol. The predicted octanol–water partition coefficient (Wildman–Crippen LogP) is 2.31. The minimum Gasteiger partial charge on any atom is -0.373 e. The molecule has 5 heteroatoms. The van der Waals surface area contributed by atoms with Gasteiger partial charge >= 0.3 is 0 Å². The summed E-state index contributed by atoms with van der Waals surface area (Å²) in [5.41, 5.74) is 1.16. The highest BCUT2D eigenvalue weighted by Gasteiger charge is 2.24. The molecule has 1 aromatic heterocycles. The first-order valence-corrected chi connectivity index (χ1v) is 8.07. The summed E-state index contributed by atoms with van der Waals surface area (Å²) in [6.45, 7) is 9.90. The molecule has 0 aromatic carbocycles. The molecular weight excluding hydrogens is 262 g/mol. The third-order valence-electron chi connectivity index (χ3n) is 4.20. The van der Waals surface area contributed by atoms with Crippen molar-refractivity contribution < 1.29 is 0 Å². The van der Waals surface area contributed by atoms with E-state index in [1.165, 1.54) is 6.42 Å². The molecule has 1 aliphatic rings. The topological polar surface area (TPSA) is 44.3 Å². The number of anilines is 2. The van der Waals surface area contributed by atoms with Gasteiger partial charge in [0.25, 0.3) is 0 Å². The smallest absolute Gasteiger partial charge is 0.137 e. The molecule has 0 bridgehead atoms. The van der Waals surface area contributed by atoms with Gasteiger partial charge in [0.05, 0.1) is 0 Å². The number of rotatable bonds is 4. The summed E-state index contributed by atoms with van der Waals surface area (Å²) < 4.78 is 0. The minimum atomic E-state index is 0.477. The van der Waals surface area contributed by atoms with Crippen LogP contribution in [-0.2, 0) is 6.42 Å². The zero-order chi connectivity index (χ0) is 15.4. The van der Waals surface area contributed by atoms with Gasteiger partial charge in [0.1, 0.15) is 17.5 Å². The number of hydrogen-bond donors (Lipinski definition) is 1. The molecular formula is C16H29N5. The summed E-state index contributed by atoms with van der Waals surface area (Å²) >= 11 is 0. The molecule has 1 aromatic rings. The summed E-state index contributed by atoms with van der Waals surface area (Å²) in [4.78, 5) is 14.4. The van der Waals surface area contributed by atoms with E-state index >= 15 is 0 Å². The second-order valence-corrected chi connectivity index (χ2v) is 6.10. The predicted molar refractivity (Wildman–Crippen MR) is 89.2 cm³/mol. The van der Waals surface area contributed by atoms with Crippen molar-refractivity contribution >= 4 is 11.6 Å². The first kappa shape index (κ1) is 16.0. The van der Waals surface area contributed by atoms with E-state index in [0.29, 0.717) is 6.04 Å². The lowest BCUT2D eigenvalue weighted by molar-refractivity contribution is 0.337. The van der Waals surface area contributed by atoms with Crippen LogP contribution in [0.4, 0.5) is 11.6 Å². The first-order chi connectivity index (χ1) is 10.1. The molecule has 1 atom stereocenters. The van der Waals surface area contributed by atoms with Gasteiger partial charge in [0, 0.05) is 38.2 Å². The second kappa shape index (κ2) is 7.07. The van der Waals surface area contributed by atoms with Crippen molar-refractivity contribution in [3.63, 3.8) is 0 Å². The standard InChI is InChI=1S/C16H29N5/c1-6-8-14-18-15(17-4)13(3)16(19-14)21-10-7-9-20(5)11-12(21)2/h12H,6-11H2,1-5H3,(H,17,18,19). The van der Waals surface area contributed by atoms with E-state index in [1.54, 1.807) is 0 Å². The van der Waals surface area contributed by atoms with Gasteiger partial charge < -0.3 is 15.1 Å². The molecule has 1 aliphatic heterocycles. The molecule has 1 unspecified atom stereocenters. The third-order valence-corrected chi connectivity index (χ3v) is 4.20. The lowest BCUT2D eigenvalue weighted by Crippen LogP contribution is -2.39. The number of nitrogens with zero attached hydrogens (tertiary/aromatic N) is 4. The van der Waals surface area contributed by atoms with Crippen LogP contribution in [0.1, 0.15) is 38.1 Å². The molecule has 1 saturated heterocycles. The van der Waals surface area contributed by atoms with E-state index in [1.807, 2.05) is 7.05 Å². The summed E-state index contributed by atoms with van der Waals surface area (Å²) in [5, 5.41) is 3.22. The second-order valence-electron chi connectivity index (χ2n) is 6.10. The number of nitrogens with one attached hydrogen (secondary N) is 1. The Hall–Kier alpha value is -1.36. The van der Waals surface area contributed by atoms with E-state index in [-0.39, 0.29) is 0 Å². The van der Waals surface area contributed by atoms with Crippen LogP contribution >= 0.6 is 0 Å². The Labute approximate surface area is 128 Å². The van der Waals surface area contributed by atoms with Gasteiger partial charge in [-0.05, 0) is 40.3 Å². The van der Waals surface area contributed by atoms with Gasteiger partial charge in [0.2, 0.25) is 0 Å². The Morgan fingerprint density at radius 2 is 2.05 bits per heavy atom. The average Bonchev–Trinajstić information content (AvgIpc) is 2.61. The minimum absolute atomic E-state index is 0.477. The van der Waals surface area contributed by atoms with Crippen LogP contribution in [0, 0.1) is 6.92 Å². The van der Waals surface area contributed by atoms with Crippen LogP contribution in [0.15, 0.2) is 0 Å². The molecule has 5 nitrogen and oxygen atoms in total. The Morgan fingerprint density at radius 1 is 1.29 bits per heavy atom. The van der Waals surface area contributed by atoms with Crippen LogP contribution < -0.4 is 10.2 Å². The molecule has 0 aliphatic carbocycles. The van der Waals surface area contributed by atoms with Crippen molar-refractivity contribution in [1.29, 1.82) is 0 Å². The highest BCUT2D eigenvalue weighted by atomic mass is 15.3. The van der Waals surface area contributed by atoms with Gasteiger partial charge in [-0.1, -0.05) is 6.92 Å². The fourth-order valence-corrected chi connectivity index (χ4v) is 3.10. The molecule has 21 heavy (non-hydrogen) atoms. The number of likely N-dealkylation sites (N-methyl/N-ethyl adjacent to an activating group) is 1. The summed E-state index contributed by atoms with van der Waals surface area (Å²) in [6.07, 6.45) is 3.19. The molecule has 0 amide bonds. The molecule has 0 saturated carbocycles. The summed E-state index contributed by atoms with van der Waals surface area (Å²) in [5.74, 6) is 3.03. The summed E-state index contributed by atoms with van der Waals surface area (Å²) in [7, 11) is 4.14. The number of aryl methyl sites for hydroxylation is 1. The van der Waals surface area contributed by atoms with Crippen LogP contribution in [0.2, 0.25) is 0 Å². The van der Waals surface area contributed by atoms with Crippen LogP contribution in [0.3, 0.4) is 0 Å². The van der Waals surface area contributed by atoms with E-state index < -0.39 is 0 Å². The SMILES string of the molecule is CCCc1nc(NC)c(C)c(N2CCCN(C)CC2C)n1. The number of hydrogen-bond acceptors (Lipinski definition) is 5. The van der Waals surface area contributed by atoms with Crippen molar-refractivity contribution in [2.75, 3.05) is 43.9 Å². The van der Waals surface area contributed by atoms with Crippen molar-refractivity contribution in [2.24, 2.45) is 0 Å². The molecule has 118 valence electrons. The van der Waals surface area contributed by atoms with E-state index in [2.05, 4.69) is 47.9 Å². The number of aromatic nitrogens is 2. The molecule has 1 N–H and O–H groups in total. The molecule has 2 heterocycles. The van der Waals surface area contributed by atoms with Crippen molar-refractivity contribution in [3.8, 4) is 0 Å². The maximum Gasteiger partial charge on any atom is 0.137 e. The lowest BCUT2D eigenvalue weighted by atomic mass is 10.2. The van der Waals surface area contributed by atoms with Gasteiger partial charge in [-0.2, -0.15) is 0 Å². The monoisotopic (exact) mass is 291 g/mol. The van der Waals surface area contributed by atoms with Crippen LogP contribution in [0.5, 0.6) is 0 Å². The quantitative estimate of drug-likeness (QED) is 0.922. The molecule has 0 radical (unpaired) electrons. The van der Waals surface area contributed by atoms with E-state index in [4.69, 9.17) is 4.98 Å². The largest absolute Gasteiger partial charge is 0.373 e. The Morgan fingerprint density at radius 3 is 2.71 bits per heavy atom. The Kier molecular flexibility index (Phi) is 5.39. The fraction of sp³-hybridized carbons (Fsp3) is 0.750. The maximum absolute atomic E-state index is 4.87. The molecule has 1 fully saturated rings. The Balaban J connectivity index is 2.38. The normalized spacial score (nSPS) is 20.4. The molecule has 0 spiro atoms. The van der Waals surface area contributed by atoms with E-state index in [9.17, 15) is 0 Å². The highest BCUT2D eigenvalue weighted by molar-refractivity contribution is 5.59. The fourth-order valence-electron chi connectivity index (χ4n) is 3.10. The summed E-state index contributed by atoms with van der Waals surface area (Å²) in [6, 6.07) is 0.477. The maximum atomic E-state index is 4.87. The van der Waals surface area contributed by atoms with Gasteiger partial charge in [-0.25, -0.2) is 9.97 Å². The molecule has 2 rings (SSSR count). The Bertz CT molecular complexity index is 474. The first-order valence-electron chi connectivity index (χ1n) is 8.07. The van der Waals surface area contributed by atoms with Gasteiger partial charge in [0.15, 0.2) is 0 Å². The third kappa shape index (κ3) is 3.64. The van der Waals surface area contributed by atoms with Gasteiger partial charge in [-0.3, -0.25) is 0 Å².